The molecule has 2 aliphatic heterocycles. The van der Waals surface area contributed by atoms with Crippen molar-refractivity contribution < 1.29 is 29.1 Å². The van der Waals surface area contributed by atoms with Crippen LogP contribution in [0, 0.1) is 12.8 Å². The number of Topliss-reactive ketones (excluding diaryl/α,β-unsaturated/α-hetero) is 1. The Bertz CT molecular complexity index is 1300. The molecule has 2 aromatic rings. The highest BCUT2D eigenvalue weighted by atomic mass is 16.6. The van der Waals surface area contributed by atoms with Crippen LogP contribution in [0.5, 0.6) is 5.75 Å². The third-order valence-corrected chi connectivity index (χ3v) is 7.44. The Balaban J connectivity index is 1.16. The molecular weight excluding hydrogens is 502 g/mol. The monoisotopic (exact) mass is 535 g/mol. The Labute approximate surface area is 226 Å². The molecule has 0 unspecified atom stereocenters. The molecule has 3 heterocycles. The second kappa shape index (κ2) is 11.5. The second-order valence-electron chi connectivity index (χ2n) is 10.5. The van der Waals surface area contributed by atoms with E-state index in [9.17, 15) is 19.5 Å². The van der Waals surface area contributed by atoms with Gasteiger partial charge in [-0.1, -0.05) is 11.2 Å². The second-order valence-corrected chi connectivity index (χ2v) is 10.5. The van der Waals surface area contributed by atoms with E-state index in [1.165, 1.54) is 6.92 Å². The number of rotatable bonds is 7. The number of ketones is 1. The number of aryl methyl sites for hydroxylation is 1. The van der Waals surface area contributed by atoms with Gasteiger partial charge in [-0.25, -0.2) is 9.97 Å². The van der Waals surface area contributed by atoms with Crippen LogP contribution in [0.2, 0.25) is 0 Å². The summed E-state index contributed by atoms with van der Waals surface area (Å²) < 4.78 is 5.43. The molecule has 1 aromatic heterocycles. The molecule has 11 nitrogen and oxygen atoms in total. The van der Waals surface area contributed by atoms with Crippen molar-refractivity contribution in [3.63, 3.8) is 0 Å². The predicted octanol–water partition coefficient (Wildman–Crippen LogP) is 1.77. The van der Waals surface area contributed by atoms with Crippen molar-refractivity contribution in [2.75, 3.05) is 6.61 Å². The summed E-state index contributed by atoms with van der Waals surface area (Å²) in [6.45, 7) is 3.58. The van der Waals surface area contributed by atoms with Crippen LogP contribution in [0.3, 0.4) is 0 Å². The van der Waals surface area contributed by atoms with Crippen LogP contribution in [0.25, 0.3) is 0 Å². The topological polar surface area (TPSA) is 152 Å². The van der Waals surface area contributed by atoms with Gasteiger partial charge in [0.15, 0.2) is 5.78 Å². The van der Waals surface area contributed by atoms with Gasteiger partial charge >= 0.3 is 0 Å². The Hall–Kier alpha value is -3.86. The first-order valence-corrected chi connectivity index (χ1v) is 13.4. The van der Waals surface area contributed by atoms with Gasteiger partial charge in [-0.3, -0.25) is 14.4 Å². The summed E-state index contributed by atoms with van der Waals surface area (Å²) in [5, 5.41) is 19.5. The maximum absolute atomic E-state index is 12.9. The van der Waals surface area contributed by atoms with Gasteiger partial charge in [0.25, 0.3) is 5.91 Å². The number of aromatic nitrogens is 2. The highest BCUT2D eigenvalue weighted by Gasteiger charge is 2.34. The highest BCUT2D eigenvalue weighted by Crippen LogP contribution is 2.33. The fourth-order valence-corrected chi connectivity index (χ4v) is 5.31. The van der Waals surface area contributed by atoms with Crippen molar-refractivity contribution in [3.8, 4) is 5.75 Å². The molecule has 1 aliphatic carbocycles. The van der Waals surface area contributed by atoms with E-state index in [2.05, 4.69) is 25.8 Å². The fraction of sp³-hybridized carbons (Fsp3) is 0.500. The quantitative estimate of drug-likeness (QED) is 0.485. The molecule has 2 atom stereocenters. The smallest absolute Gasteiger partial charge is 0.270 e. The van der Waals surface area contributed by atoms with E-state index >= 15 is 0 Å². The number of hydrogen-bond donors (Lipinski definition) is 3. The molecule has 3 N–H and O–H groups in total. The number of benzene rings is 1. The van der Waals surface area contributed by atoms with Crippen molar-refractivity contribution in [3.05, 3.63) is 52.6 Å². The molecule has 39 heavy (non-hydrogen) atoms. The summed E-state index contributed by atoms with van der Waals surface area (Å²) in [6.07, 6.45) is 3.24. The summed E-state index contributed by atoms with van der Waals surface area (Å²) in [6, 6.07) is 7.26. The molecule has 0 radical (unpaired) electrons. The van der Waals surface area contributed by atoms with E-state index in [0.29, 0.717) is 41.7 Å². The molecule has 1 saturated carbocycles. The van der Waals surface area contributed by atoms with Gasteiger partial charge in [-0.15, -0.1) is 0 Å². The number of oxime groups is 1. The molecule has 1 aromatic carbocycles. The summed E-state index contributed by atoms with van der Waals surface area (Å²) in [4.78, 5) is 51.0. The van der Waals surface area contributed by atoms with E-state index in [0.717, 1.165) is 36.8 Å². The summed E-state index contributed by atoms with van der Waals surface area (Å²) in [7, 11) is 0. The number of fused-ring (bicyclic) bond motifs is 1. The van der Waals surface area contributed by atoms with Gasteiger partial charge < -0.3 is 25.3 Å². The number of nitrogens with one attached hydrogen (secondary N) is 2. The van der Waals surface area contributed by atoms with Crippen LogP contribution in [-0.4, -0.2) is 63.2 Å². The number of carbonyl (C=O) groups excluding carboxylic acids is 3. The van der Waals surface area contributed by atoms with Gasteiger partial charge in [0, 0.05) is 31.0 Å². The van der Waals surface area contributed by atoms with Crippen molar-refractivity contribution in [1.29, 1.82) is 0 Å². The molecular formula is C28H33N5O6. The minimum Gasteiger partial charge on any atom is -0.486 e. The zero-order chi connectivity index (χ0) is 27.5. The highest BCUT2D eigenvalue weighted by molar-refractivity contribution is 6.02. The standard InChI is InChI=1S/C28H33N5O6/c1-15(34)27(36)32-20-6-4-18(5-7-20)26-12-23(33-39-26)22-11-24(31-16(2)30-22)28(37)29-13-17-3-8-25-19(9-17)10-21(35)14-38-25/h3,8-9,11,15,18,20,26,34H,4-7,10,12-14H2,1-2H3,(H,29,37)(H,32,36)/t15-,18?,20?,26+/m0/s1. The SMILES string of the molecule is Cc1nc(C(=O)NCc2ccc3c(c2)CC(=O)CO3)cc(C2=NO[C@@H](C3CCC(NC(=O)[C@H](C)O)CC3)C2)n1. The molecule has 3 aliphatic rings. The van der Waals surface area contributed by atoms with Crippen molar-refractivity contribution in [1.82, 2.24) is 20.6 Å². The minimum absolute atomic E-state index is 0.0302. The number of ether oxygens (including phenoxy) is 1. The summed E-state index contributed by atoms with van der Waals surface area (Å²) in [5.74, 6) is 0.822. The van der Waals surface area contributed by atoms with E-state index in [4.69, 9.17) is 9.57 Å². The van der Waals surface area contributed by atoms with E-state index < -0.39 is 6.10 Å². The van der Waals surface area contributed by atoms with Crippen LogP contribution < -0.4 is 15.4 Å². The Morgan fingerprint density at radius 2 is 1.95 bits per heavy atom. The number of aliphatic hydroxyl groups is 1. The van der Waals surface area contributed by atoms with Crippen molar-refractivity contribution in [2.45, 2.75) is 77.2 Å². The predicted molar refractivity (Wildman–Crippen MR) is 140 cm³/mol. The van der Waals surface area contributed by atoms with Crippen LogP contribution >= 0.6 is 0 Å². The Morgan fingerprint density at radius 1 is 1.15 bits per heavy atom. The largest absolute Gasteiger partial charge is 0.486 e. The van der Waals surface area contributed by atoms with Crippen LogP contribution in [0.1, 0.15) is 72.2 Å². The molecule has 2 amide bonds. The Kier molecular flexibility index (Phi) is 7.87. The third-order valence-electron chi connectivity index (χ3n) is 7.44. The van der Waals surface area contributed by atoms with Crippen LogP contribution in [0.15, 0.2) is 29.4 Å². The van der Waals surface area contributed by atoms with Crippen LogP contribution in [0.4, 0.5) is 0 Å². The van der Waals surface area contributed by atoms with Crippen LogP contribution in [-0.2, 0) is 27.4 Å². The molecule has 0 saturated heterocycles. The lowest BCUT2D eigenvalue weighted by Gasteiger charge is -2.31. The minimum atomic E-state index is -1.01. The first-order chi connectivity index (χ1) is 18.7. The first kappa shape index (κ1) is 26.7. The number of nitrogens with zero attached hydrogens (tertiary/aromatic N) is 3. The average Bonchev–Trinajstić information content (AvgIpc) is 3.42. The molecule has 0 spiro atoms. The average molecular weight is 536 g/mol. The summed E-state index contributed by atoms with van der Waals surface area (Å²) >= 11 is 0. The molecule has 5 rings (SSSR count). The maximum Gasteiger partial charge on any atom is 0.270 e. The summed E-state index contributed by atoms with van der Waals surface area (Å²) in [5.41, 5.74) is 3.18. The van der Waals surface area contributed by atoms with Gasteiger partial charge in [-0.2, -0.15) is 0 Å². The van der Waals surface area contributed by atoms with Gasteiger partial charge in [0.1, 0.15) is 41.8 Å². The van der Waals surface area contributed by atoms with E-state index in [1.54, 1.807) is 13.0 Å². The van der Waals surface area contributed by atoms with Gasteiger partial charge in [-0.05, 0) is 69.2 Å². The molecule has 0 bridgehead atoms. The van der Waals surface area contributed by atoms with Gasteiger partial charge in [0.05, 0.1) is 5.69 Å². The lowest BCUT2D eigenvalue weighted by atomic mass is 9.81. The number of carbonyl (C=O) groups is 3. The number of aliphatic hydroxyl groups excluding tert-OH is 1. The molecule has 206 valence electrons. The lowest BCUT2D eigenvalue weighted by Crippen LogP contribution is -2.43. The van der Waals surface area contributed by atoms with Gasteiger partial charge in [0.2, 0.25) is 5.91 Å². The third kappa shape index (κ3) is 6.42. The lowest BCUT2D eigenvalue weighted by molar-refractivity contribution is -0.129. The van der Waals surface area contributed by atoms with E-state index in [-0.39, 0.29) is 48.6 Å². The molecule has 11 heteroatoms. The zero-order valence-electron chi connectivity index (χ0n) is 22.1. The van der Waals surface area contributed by atoms with Crippen molar-refractivity contribution in [2.24, 2.45) is 11.1 Å². The first-order valence-electron chi connectivity index (χ1n) is 13.4. The zero-order valence-corrected chi connectivity index (χ0v) is 22.1. The van der Waals surface area contributed by atoms with Crippen molar-refractivity contribution >= 4 is 23.3 Å². The molecule has 1 fully saturated rings. The maximum atomic E-state index is 12.9. The number of hydrogen-bond acceptors (Lipinski definition) is 9. The normalized spacial score (nSPS) is 23.1. The fourth-order valence-electron chi connectivity index (χ4n) is 5.31. The number of amides is 2. The Morgan fingerprint density at radius 3 is 2.72 bits per heavy atom. The van der Waals surface area contributed by atoms with E-state index in [1.807, 2.05) is 18.2 Å².